The lowest BCUT2D eigenvalue weighted by molar-refractivity contribution is 0.100. The summed E-state index contributed by atoms with van der Waals surface area (Å²) in [4.78, 5) is 15.2. The smallest absolute Gasteiger partial charge is 0.293 e. The summed E-state index contributed by atoms with van der Waals surface area (Å²) in [6.07, 6.45) is 4.99. The van der Waals surface area contributed by atoms with Gasteiger partial charge in [0.15, 0.2) is 0 Å². The van der Waals surface area contributed by atoms with E-state index in [4.69, 9.17) is 0 Å². The molecule has 1 N–H and O–H groups in total. The molecule has 1 saturated heterocycles. The number of amides is 1. The molecular weight excluding hydrogens is 378 g/mol. The third-order valence-corrected chi connectivity index (χ3v) is 6.17. The molecule has 2 aromatic heterocycles. The molecule has 30 heavy (non-hydrogen) atoms. The summed E-state index contributed by atoms with van der Waals surface area (Å²) < 4.78 is 4.02. The number of likely N-dealkylation sites (tertiary alicyclic amines) is 1. The van der Waals surface area contributed by atoms with Crippen molar-refractivity contribution in [3.05, 3.63) is 59.9 Å². The van der Waals surface area contributed by atoms with Crippen LogP contribution in [0.15, 0.2) is 42.7 Å². The molecule has 2 unspecified atom stereocenters. The molecule has 0 radical (unpaired) electrons. The maximum absolute atomic E-state index is 12.7. The number of rotatable bonds is 5. The molecule has 2 atom stereocenters. The number of nitrogens with zero attached hydrogens (tertiary/aromatic N) is 6. The lowest BCUT2D eigenvalue weighted by atomic mass is 9.89. The summed E-state index contributed by atoms with van der Waals surface area (Å²) in [6.45, 7) is 8.07. The number of carbonyl (C=O) groups is 1. The molecule has 4 heterocycles. The van der Waals surface area contributed by atoms with Crippen molar-refractivity contribution in [2.45, 2.75) is 39.4 Å². The molecule has 0 saturated carbocycles. The van der Waals surface area contributed by atoms with Crippen molar-refractivity contribution in [3.63, 3.8) is 0 Å². The maximum Gasteiger partial charge on any atom is 0.293 e. The summed E-state index contributed by atoms with van der Waals surface area (Å²) >= 11 is 0. The minimum Gasteiger partial charge on any atom is -0.319 e. The highest BCUT2D eigenvalue weighted by Gasteiger charge is 2.39. The summed E-state index contributed by atoms with van der Waals surface area (Å²) in [7, 11) is 0. The van der Waals surface area contributed by atoms with Crippen LogP contribution in [0, 0.1) is 11.8 Å². The van der Waals surface area contributed by atoms with Crippen LogP contribution in [0.1, 0.15) is 41.9 Å². The molecule has 1 aromatic carbocycles. The van der Waals surface area contributed by atoms with Crippen molar-refractivity contribution >= 4 is 11.6 Å². The van der Waals surface area contributed by atoms with E-state index in [0.29, 0.717) is 23.7 Å². The topological polar surface area (TPSA) is 80.9 Å². The first-order chi connectivity index (χ1) is 14.6. The standard InChI is InChI=1S/C22H27N7O/c1-15(2)29-11-16(9-23-29)10-27-12-17-8-20-25-26-21(28(20)14-18(17)13-27)22(30)24-19-6-4-3-5-7-19/h3-7,9,11,15,17-18H,8,10,12-14H2,1-2H3,(H,24,30). The van der Waals surface area contributed by atoms with Gasteiger partial charge in [0.05, 0.1) is 6.20 Å². The predicted molar refractivity (Wildman–Crippen MR) is 113 cm³/mol. The largest absolute Gasteiger partial charge is 0.319 e. The van der Waals surface area contributed by atoms with E-state index in [9.17, 15) is 4.79 Å². The van der Waals surface area contributed by atoms with Crippen molar-refractivity contribution in [3.8, 4) is 0 Å². The first kappa shape index (κ1) is 19.0. The number of nitrogens with one attached hydrogen (secondary N) is 1. The summed E-state index contributed by atoms with van der Waals surface area (Å²) in [6, 6.07) is 9.85. The van der Waals surface area contributed by atoms with Crippen LogP contribution in [0.2, 0.25) is 0 Å². The Morgan fingerprint density at radius 1 is 1.13 bits per heavy atom. The van der Waals surface area contributed by atoms with Gasteiger partial charge < -0.3 is 9.88 Å². The van der Waals surface area contributed by atoms with Crippen molar-refractivity contribution in [1.29, 1.82) is 0 Å². The molecule has 3 aromatic rings. The third-order valence-electron chi connectivity index (χ3n) is 6.17. The van der Waals surface area contributed by atoms with Crippen LogP contribution in [-0.2, 0) is 19.5 Å². The van der Waals surface area contributed by atoms with Crippen LogP contribution in [0.3, 0.4) is 0 Å². The van der Waals surface area contributed by atoms with Gasteiger partial charge in [0.1, 0.15) is 5.82 Å². The monoisotopic (exact) mass is 405 g/mol. The van der Waals surface area contributed by atoms with E-state index < -0.39 is 0 Å². The number of aromatic nitrogens is 5. The number of fused-ring (bicyclic) bond motifs is 2. The molecular formula is C22H27N7O. The van der Waals surface area contributed by atoms with Gasteiger partial charge in [-0.2, -0.15) is 5.10 Å². The van der Waals surface area contributed by atoms with Gasteiger partial charge in [-0.15, -0.1) is 10.2 Å². The second-order valence-corrected chi connectivity index (χ2v) is 8.71. The Kier molecular flexibility index (Phi) is 4.86. The predicted octanol–water partition coefficient (Wildman–Crippen LogP) is 2.61. The Balaban J connectivity index is 1.26. The van der Waals surface area contributed by atoms with Gasteiger partial charge in [-0.05, 0) is 37.8 Å². The number of anilines is 1. The first-order valence-electron chi connectivity index (χ1n) is 10.6. The molecule has 0 spiro atoms. The Morgan fingerprint density at radius 2 is 1.93 bits per heavy atom. The zero-order chi connectivity index (χ0) is 20.7. The van der Waals surface area contributed by atoms with Gasteiger partial charge in [-0.3, -0.25) is 14.4 Å². The van der Waals surface area contributed by atoms with Crippen LogP contribution in [0.25, 0.3) is 0 Å². The van der Waals surface area contributed by atoms with E-state index in [2.05, 4.69) is 45.6 Å². The molecule has 2 aliphatic rings. The Labute approximate surface area is 175 Å². The summed E-state index contributed by atoms with van der Waals surface area (Å²) in [5.74, 6) is 2.20. The van der Waals surface area contributed by atoms with Gasteiger partial charge in [0.25, 0.3) is 5.91 Å². The van der Waals surface area contributed by atoms with Crippen molar-refractivity contribution in [2.75, 3.05) is 18.4 Å². The van der Waals surface area contributed by atoms with Crippen LogP contribution < -0.4 is 5.32 Å². The van der Waals surface area contributed by atoms with Gasteiger partial charge in [-0.1, -0.05) is 18.2 Å². The SMILES string of the molecule is CC(C)n1cc(CN2CC3Cc4nnc(C(=O)Nc5ccccc5)n4CC3C2)cn1. The van der Waals surface area contributed by atoms with E-state index in [1.54, 1.807) is 0 Å². The average molecular weight is 406 g/mol. The van der Waals surface area contributed by atoms with Crippen LogP contribution in [0.5, 0.6) is 0 Å². The summed E-state index contributed by atoms with van der Waals surface area (Å²) in [5.41, 5.74) is 2.02. The highest BCUT2D eigenvalue weighted by Crippen LogP contribution is 2.33. The number of hydrogen-bond acceptors (Lipinski definition) is 5. The summed E-state index contributed by atoms with van der Waals surface area (Å²) in [5, 5.41) is 15.9. The fourth-order valence-electron chi connectivity index (χ4n) is 4.63. The van der Waals surface area contributed by atoms with Crippen LogP contribution in [-0.4, -0.2) is 48.4 Å². The molecule has 1 amide bonds. The van der Waals surface area contributed by atoms with E-state index in [1.807, 2.05) is 45.8 Å². The zero-order valence-corrected chi connectivity index (χ0v) is 17.4. The lowest BCUT2D eigenvalue weighted by Gasteiger charge is -2.25. The van der Waals surface area contributed by atoms with Crippen molar-refractivity contribution in [2.24, 2.45) is 11.8 Å². The fraction of sp³-hybridized carbons (Fsp3) is 0.455. The number of hydrogen-bond donors (Lipinski definition) is 1. The average Bonchev–Trinajstić information content (AvgIpc) is 3.44. The second kappa shape index (κ2) is 7.68. The zero-order valence-electron chi connectivity index (χ0n) is 17.4. The normalized spacial score (nSPS) is 20.9. The van der Waals surface area contributed by atoms with E-state index in [-0.39, 0.29) is 5.91 Å². The minimum absolute atomic E-state index is 0.200. The van der Waals surface area contributed by atoms with E-state index >= 15 is 0 Å². The van der Waals surface area contributed by atoms with E-state index in [1.165, 1.54) is 5.56 Å². The van der Waals surface area contributed by atoms with Gasteiger partial charge in [0.2, 0.25) is 5.82 Å². The molecule has 8 heteroatoms. The highest BCUT2D eigenvalue weighted by atomic mass is 16.2. The molecule has 5 rings (SSSR count). The molecule has 8 nitrogen and oxygen atoms in total. The van der Waals surface area contributed by atoms with Crippen molar-refractivity contribution < 1.29 is 4.79 Å². The quantitative estimate of drug-likeness (QED) is 0.706. The molecule has 1 fully saturated rings. The molecule has 0 bridgehead atoms. The lowest BCUT2D eigenvalue weighted by Crippen LogP contribution is -2.31. The molecule has 2 aliphatic heterocycles. The van der Waals surface area contributed by atoms with Gasteiger partial charge >= 0.3 is 0 Å². The Bertz CT molecular complexity index is 1040. The Hall–Kier alpha value is -3.00. The van der Waals surface area contributed by atoms with E-state index in [0.717, 1.165) is 44.1 Å². The third kappa shape index (κ3) is 3.63. The molecule has 156 valence electrons. The first-order valence-corrected chi connectivity index (χ1v) is 10.6. The maximum atomic E-state index is 12.7. The molecule has 0 aliphatic carbocycles. The van der Waals surface area contributed by atoms with Crippen LogP contribution in [0.4, 0.5) is 5.69 Å². The minimum atomic E-state index is -0.200. The fourth-order valence-corrected chi connectivity index (χ4v) is 4.63. The van der Waals surface area contributed by atoms with Gasteiger partial charge in [-0.25, -0.2) is 0 Å². The highest BCUT2D eigenvalue weighted by molar-refractivity contribution is 6.01. The number of carbonyl (C=O) groups excluding carboxylic acids is 1. The number of benzene rings is 1. The second-order valence-electron chi connectivity index (χ2n) is 8.71. The number of para-hydroxylation sites is 1. The van der Waals surface area contributed by atoms with Gasteiger partial charge in [0, 0.05) is 56.1 Å². The van der Waals surface area contributed by atoms with Crippen molar-refractivity contribution in [1.82, 2.24) is 29.4 Å². The van der Waals surface area contributed by atoms with Crippen LogP contribution >= 0.6 is 0 Å². The Morgan fingerprint density at radius 3 is 2.70 bits per heavy atom.